The lowest BCUT2D eigenvalue weighted by Gasteiger charge is -2.18. The maximum absolute atomic E-state index is 12.4. The van der Waals surface area contributed by atoms with Gasteiger partial charge in [-0.3, -0.25) is 4.79 Å². The summed E-state index contributed by atoms with van der Waals surface area (Å²) in [5, 5.41) is 3.01. The van der Waals surface area contributed by atoms with Crippen LogP contribution in [0.25, 0.3) is 0 Å². The first-order chi connectivity index (χ1) is 12.4. The lowest BCUT2D eigenvalue weighted by Crippen LogP contribution is -2.37. The van der Waals surface area contributed by atoms with Gasteiger partial charge in [-0.2, -0.15) is 0 Å². The zero-order chi connectivity index (χ0) is 18.7. The number of carbonyl (C=O) groups excluding carboxylic acids is 1. The van der Waals surface area contributed by atoms with E-state index in [2.05, 4.69) is 15.2 Å². The molecule has 1 aliphatic rings. The Morgan fingerprint density at radius 2 is 1.92 bits per heavy atom. The van der Waals surface area contributed by atoms with Crippen molar-refractivity contribution < 1.29 is 13.2 Å². The molecule has 1 aliphatic heterocycles. The Kier molecular flexibility index (Phi) is 5.24. The Labute approximate surface area is 153 Å². The average molecular weight is 374 g/mol. The zero-order valence-electron chi connectivity index (χ0n) is 14.8. The Bertz CT molecular complexity index is 867. The molecule has 1 N–H and O–H groups in total. The summed E-state index contributed by atoms with van der Waals surface area (Å²) >= 11 is 0. The second kappa shape index (κ2) is 7.43. The summed E-state index contributed by atoms with van der Waals surface area (Å²) in [7, 11) is -0.540. The number of pyridine rings is 1. The van der Waals surface area contributed by atoms with Crippen molar-refractivity contribution in [2.45, 2.75) is 17.4 Å². The van der Waals surface area contributed by atoms with Crippen LogP contribution in [-0.4, -0.2) is 56.8 Å². The Morgan fingerprint density at radius 3 is 2.54 bits per heavy atom. The van der Waals surface area contributed by atoms with E-state index in [1.54, 1.807) is 6.20 Å². The molecule has 1 amide bonds. The number of amides is 1. The highest BCUT2D eigenvalue weighted by atomic mass is 32.2. The summed E-state index contributed by atoms with van der Waals surface area (Å²) in [6.07, 6.45) is 2.60. The van der Waals surface area contributed by atoms with Gasteiger partial charge >= 0.3 is 0 Å². The lowest BCUT2D eigenvalue weighted by atomic mass is 10.2. The fourth-order valence-electron chi connectivity index (χ4n) is 2.88. The van der Waals surface area contributed by atoms with E-state index in [9.17, 15) is 13.2 Å². The van der Waals surface area contributed by atoms with Crippen LogP contribution in [-0.2, 0) is 10.0 Å². The standard InChI is InChI=1S/C18H22N4O3S/c1-21(2)26(24,25)16-8-6-14(7-9-16)18(23)20-15-10-12-22(13-15)17-5-3-4-11-19-17/h3-9,11,15H,10,12-13H2,1-2H3,(H,20,23). The van der Waals surface area contributed by atoms with Crippen LogP contribution in [0.4, 0.5) is 5.82 Å². The van der Waals surface area contributed by atoms with Gasteiger partial charge in [-0.15, -0.1) is 0 Å². The van der Waals surface area contributed by atoms with Crippen molar-refractivity contribution in [3.63, 3.8) is 0 Å². The molecular formula is C18H22N4O3S. The van der Waals surface area contributed by atoms with Gasteiger partial charge in [0, 0.05) is 45.0 Å². The number of anilines is 1. The number of hydrogen-bond donors (Lipinski definition) is 1. The molecule has 138 valence electrons. The topological polar surface area (TPSA) is 82.6 Å². The second-order valence-corrected chi connectivity index (χ2v) is 8.56. The Balaban J connectivity index is 1.62. The van der Waals surface area contributed by atoms with Gasteiger partial charge < -0.3 is 10.2 Å². The van der Waals surface area contributed by atoms with E-state index in [0.29, 0.717) is 12.1 Å². The minimum atomic E-state index is -3.49. The van der Waals surface area contributed by atoms with Crippen molar-refractivity contribution in [1.82, 2.24) is 14.6 Å². The van der Waals surface area contributed by atoms with E-state index < -0.39 is 10.0 Å². The number of nitrogens with zero attached hydrogens (tertiary/aromatic N) is 3. The van der Waals surface area contributed by atoms with E-state index >= 15 is 0 Å². The average Bonchev–Trinajstić information content (AvgIpc) is 3.11. The van der Waals surface area contributed by atoms with Gasteiger partial charge in [0.05, 0.1) is 4.90 Å². The van der Waals surface area contributed by atoms with E-state index in [-0.39, 0.29) is 16.8 Å². The summed E-state index contributed by atoms with van der Waals surface area (Å²) in [6.45, 7) is 1.54. The van der Waals surface area contributed by atoms with Crippen molar-refractivity contribution in [3.05, 3.63) is 54.2 Å². The predicted molar refractivity (Wildman–Crippen MR) is 99.6 cm³/mol. The minimum Gasteiger partial charge on any atom is -0.354 e. The highest BCUT2D eigenvalue weighted by Crippen LogP contribution is 2.18. The van der Waals surface area contributed by atoms with Gasteiger partial charge in [-0.1, -0.05) is 6.07 Å². The summed E-state index contributed by atoms with van der Waals surface area (Å²) in [5.74, 6) is 0.703. The van der Waals surface area contributed by atoms with Crippen LogP contribution in [0.15, 0.2) is 53.6 Å². The number of carbonyl (C=O) groups is 1. The van der Waals surface area contributed by atoms with Gasteiger partial charge in [0.1, 0.15) is 5.82 Å². The van der Waals surface area contributed by atoms with Crippen molar-refractivity contribution in [3.8, 4) is 0 Å². The third-order valence-electron chi connectivity index (χ3n) is 4.39. The fourth-order valence-corrected chi connectivity index (χ4v) is 3.79. The van der Waals surface area contributed by atoms with E-state index in [1.165, 1.54) is 38.4 Å². The molecule has 0 aliphatic carbocycles. The van der Waals surface area contributed by atoms with Crippen LogP contribution >= 0.6 is 0 Å². The maximum atomic E-state index is 12.4. The molecule has 8 heteroatoms. The molecule has 0 saturated carbocycles. The van der Waals surface area contributed by atoms with Gasteiger partial charge in [-0.25, -0.2) is 17.7 Å². The second-order valence-electron chi connectivity index (χ2n) is 6.40. The summed E-state index contributed by atoms with van der Waals surface area (Å²) < 4.78 is 25.3. The number of benzene rings is 1. The first-order valence-corrected chi connectivity index (χ1v) is 9.81. The molecule has 3 rings (SSSR count). The molecule has 0 bridgehead atoms. The number of sulfonamides is 1. The van der Waals surface area contributed by atoms with Crippen LogP contribution in [0.5, 0.6) is 0 Å². The molecular weight excluding hydrogens is 352 g/mol. The molecule has 7 nitrogen and oxygen atoms in total. The predicted octanol–water partition coefficient (Wildman–Crippen LogP) is 1.34. The van der Waals surface area contributed by atoms with Crippen molar-refractivity contribution in [2.24, 2.45) is 0 Å². The number of nitrogens with one attached hydrogen (secondary N) is 1. The third kappa shape index (κ3) is 3.86. The number of rotatable bonds is 5. The number of aromatic nitrogens is 1. The van der Waals surface area contributed by atoms with Gasteiger partial charge in [-0.05, 0) is 42.8 Å². The van der Waals surface area contributed by atoms with Gasteiger partial charge in [0.25, 0.3) is 5.91 Å². The Morgan fingerprint density at radius 1 is 1.19 bits per heavy atom. The monoisotopic (exact) mass is 374 g/mol. The Hall–Kier alpha value is -2.45. The van der Waals surface area contributed by atoms with Crippen molar-refractivity contribution >= 4 is 21.7 Å². The van der Waals surface area contributed by atoms with Crippen LogP contribution in [0.1, 0.15) is 16.8 Å². The van der Waals surface area contributed by atoms with Crippen LogP contribution in [0.3, 0.4) is 0 Å². The molecule has 0 radical (unpaired) electrons. The van der Waals surface area contributed by atoms with Gasteiger partial charge in [0.15, 0.2) is 0 Å². The highest BCUT2D eigenvalue weighted by molar-refractivity contribution is 7.89. The molecule has 1 fully saturated rings. The summed E-state index contributed by atoms with van der Waals surface area (Å²) in [6, 6.07) is 11.8. The SMILES string of the molecule is CN(C)S(=O)(=O)c1ccc(C(=O)NC2CCN(c3ccccn3)C2)cc1. The molecule has 1 aromatic heterocycles. The molecule has 1 unspecified atom stereocenters. The van der Waals surface area contributed by atoms with Crippen molar-refractivity contribution in [2.75, 3.05) is 32.1 Å². The smallest absolute Gasteiger partial charge is 0.251 e. The first kappa shape index (κ1) is 18.3. The van der Waals surface area contributed by atoms with Crippen LogP contribution < -0.4 is 10.2 Å². The fraction of sp³-hybridized carbons (Fsp3) is 0.333. The lowest BCUT2D eigenvalue weighted by molar-refractivity contribution is 0.0940. The van der Waals surface area contributed by atoms with Crippen LogP contribution in [0, 0.1) is 0 Å². The van der Waals surface area contributed by atoms with E-state index in [4.69, 9.17) is 0 Å². The van der Waals surface area contributed by atoms with Crippen LogP contribution in [0.2, 0.25) is 0 Å². The summed E-state index contributed by atoms with van der Waals surface area (Å²) in [5.41, 5.74) is 0.444. The molecule has 1 atom stereocenters. The molecule has 0 spiro atoms. The molecule has 1 saturated heterocycles. The largest absolute Gasteiger partial charge is 0.354 e. The quantitative estimate of drug-likeness (QED) is 0.854. The normalized spacial score (nSPS) is 17.5. The molecule has 1 aromatic carbocycles. The van der Waals surface area contributed by atoms with E-state index in [0.717, 1.165) is 23.1 Å². The first-order valence-electron chi connectivity index (χ1n) is 8.37. The zero-order valence-corrected chi connectivity index (χ0v) is 15.6. The molecule has 26 heavy (non-hydrogen) atoms. The van der Waals surface area contributed by atoms with Gasteiger partial charge in [0.2, 0.25) is 10.0 Å². The summed E-state index contributed by atoms with van der Waals surface area (Å²) in [4.78, 5) is 19.1. The highest BCUT2D eigenvalue weighted by Gasteiger charge is 2.25. The van der Waals surface area contributed by atoms with Crippen molar-refractivity contribution in [1.29, 1.82) is 0 Å². The van der Waals surface area contributed by atoms with E-state index in [1.807, 2.05) is 18.2 Å². The minimum absolute atomic E-state index is 0.0368. The number of hydrogen-bond acceptors (Lipinski definition) is 5. The molecule has 2 heterocycles. The third-order valence-corrected chi connectivity index (χ3v) is 6.22. The maximum Gasteiger partial charge on any atom is 0.251 e. The molecule has 2 aromatic rings.